The van der Waals surface area contributed by atoms with E-state index in [-0.39, 0.29) is 0 Å². The average Bonchev–Trinajstić information content (AvgIpc) is 2.27. The number of fused-ring (bicyclic) bond motifs is 1. The molecule has 0 atom stereocenters. The average molecular weight is 206 g/mol. The van der Waals surface area contributed by atoms with E-state index >= 15 is 0 Å². The Morgan fingerprint density at radius 2 is 2.33 bits per heavy atom. The van der Waals surface area contributed by atoms with Gasteiger partial charge in [-0.25, -0.2) is 4.79 Å². The van der Waals surface area contributed by atoms with Crippen LogP contribution >= 0.6 is 0 Å². The normalized spacial score (nSPS) is 13.9. The molecule has 4 heteroatoms. The summed E-state index contributed by atoms with van der Waals surface area (Å²) in [6.45, 7) is 0.776. The van der Waals surface area contributed by atoms with E-state index in [1.165, 1.54) is 4.90 Å². The van der Waals surface area contributed by atoms with Crippen molar-refractivity contribution in [1.29, 1.82) is 0 Å². The number of nitrogens with zero attached hydrogens (tertiary/aromatic N) is 1. The fraction of sp³-hybridized carbons (Fsp3) is 0.364. The lowest BCUT2D eigenvalue weighted by molar-refractivity contribution is 0.255. The third-order valence-corrected chi connectivity index (χ3v) is 2.61. The molecule has 0 aromatic heterocycles. The van der Waals surface area contributed by atoms with Crippen molar-refractivity contribution in [1.82, 2.24) is 0 Å². The van der Waals surface area contributed by atoms with Crippen molar-refractivity contribution in [2.45, 2.75) is 12.8 Å². The molecule has 0 unspecified atom stereocenters. The minimum atomic E-state index is -0.452. The van der Waals surface area contributed by atoms with Gasteiger partial charge in [0.25, 0.3) is 0 Å². The number of aryl methyl sites for hydroxylation is 1. The second-order valence-electron chi connectivity index (χ2n) is 3.64. The first-order chi connectivity index (χ1) is 7.18. The maximum atomic E-state index is 11.0. The number of rotatable bonds is 1. The fourth-order valence-electron chi connectivity index (χ4n) is 1.68. The van der Waals surface area contributed by atoms with E-state index in [9.17, 15) is 4.79 Å². The molecule has 0 fully saturated rings. The summed E-state index contributed by atoms with van der Waals surface area (Å²) in [7, 11) is 1.66. The summed E-state index contributed by atoms with van der Waals surface area (Å²) in [6.07, 6.45) is 2.02. The van der Waals surface area contributed by atoms with Gasteiger partial charge in [0.05, 0.1) is 6.61 Å². The van der Waals surface area contributed by atoms with Gasteiger partial charge >= 0.3 is 6.03 Å². The maximum absolute atomic E-state index is 11.0. The second kappa shape index (κ2) is 3.81. The second-order valence-corrected chi connectivity index (χ2v) is 3.64. The summed E-state index contributed by atoms with van der Waals surface area (Å²) in [6, 6.07) is 5.24. The van der Waals surface area contributed by atoms with Gasteiger partial charge in [-0.1, -0.05) is 0 Å². The number of nitrogens with two attached hydrogens (primary N) is 1. The van der Waals surface area contributed by atoms with Crippen LogP contribution in [-0.4, -0.2) is 19.7 Å². The number of hydrogen-bond acceptors (Lipinski definition) is 2. The van der Waals surface area contributed by atoms with Crippen molar-refractivity contribution in [2.75, 3.05) is 18.6 Å². The molecule has 1 aromatic carbocycles. The molecular weight excluding hydrogens is 192 g/mol. The summed E-state index contributed by atoms with van der Waals surface area (Å²) in [5, 5.41) is 0. The highest BCUT2D eigenvalue weighted by molar-refractivity contribution is 5.90. The molecule has 1 aliphatic rings. The van der Waals surface area contributed by atoms with Gasteiger partial charge < -0.3 is 10.5 Å². The predicted molar refractivity (Wildman–Crippen MR) is 58.2 cm³/mol. The van der Waals surface area contributed by atoms with Crippen LogP contribution in [0.3, 0.4) is 0 Å². The van der Waals surface area contributed by atoms with Gasteiger partial charge in [-0.2, -0.15) is 0 Å². The number of amides is 2. The third-order valence-electron chi connectivity index (χ3n) is 2.61. The Morgan fingerprint density at radius 1 is 1.53 bits per heavy atom. The van der Waals surface area contributed by atoms with Crippen LogP contribution in [0, 0.1) is 0 Å². The Morgan fingerprint density at radius 3 is 3.07 bits per heavy atom. The smallest absolute Gasteiger partial charge is 0.318 e. The van der Waals surface area contributed by atoms with Crippen molar-refractivity contribution >= 4 is 11.7 Å². The topological polar surface area (TPSA) is 55.6 Å². The number of carbonyl (C=O) groups is 1. The maximum Gasteiger partial charge on any atom is 0.318 e. The highest BCUT2D eigenvalue weighted by atomic mass is 16.5. The van der Waals surface area contributed by atoms with Crippen LogP contribution in [0.5, 0.6) is 5.75 Å². The summed E-state index contributed by atoms with van der Waals surface area (Å²) in [5.74, 6) is 0.919. The Balaban J connectivity index is 2.31. The largest absolute Gasteiger partial charge is 0.493 e. The van der Waals surface area contributed by atoms with E-state index in [0.717, 1.165) is 36.4 Å². The molecule has 15 heavy (non-hydrogen) atoms. The third kappa shape index (κ3) is 1.88. The van der Waals surface area contributed by atoms with Crippen molar-refractivity contribution < 1.29 is 9.53 Å². The fourth-order valence-corrected chi connectivity index (χ4v) is 1.68. The van der Waals surface area contributed by atoms with Crippen LogP contribution in [-0.2, 0) is 6.42 Å². The Hall–Kier alpha value is -1.71. The molecule has 2 amide bonds. The van der Waals surface area contributed by atoms with Gasteiger partial charge in [0.1, 0.15) is 5.75 Å². The minimum Gasteiger partial charge on any atom is -0.493 e. The first-order valence-corrected chi connectivity index (χ1v) is 4.97. The first-order valence-electron chi connectivity index (χ1n) is 4.97. The monoisotopic (exact) mass is 206 g/mol. The van der Waals surface area contributed by atoms with Crippen molar-refractivity contribution in [3.8, 4) is 5.75 Å². The van der Waals surface area contributed by atoms with Crippen molar-refractivity contribution in [3.63, 3.8) is 0 Å². The van der Waals surface area contributed by atoms with Crippen LogP contribution in [0.1, 0.15) is 12.0 Å². The molecule has 0 saturated heterocycles. The Bertz CT molecular complexity index is 390. The molecule has 0 radical (unpaired) electrons. The molecule has 80 valence electrons. The summed E-state index contributed by atoms with van der Waals surface area (Å²) in [4.78, 5) is 12.4. The van der Waals surface area contributed by atoms with E-state index in [1.807, 2.05) is 18.2 Å². The zero-order chi connectivity index (χ0) is 10.8. The lowest BCUT2D eigenvalue weighted by Crippen LogP contribution is -2.31. The van der Waals surface area contributed by atoms with E-state index in [4.69, 9.17) is 10.5 Å². The lowest BCUT2D eigenvalue weighted by atomic mass is 10.1. The molecular formula is C11H14N2O2. The molecule has 2 rings (SSSR count). The lowest BCUT2D eigenvalue weighted by Gasteiger charge is -2.20. The zero-order valence-corrected chi connectivity index (χ0v) is 8.69. The quantitative estimate of drug-likeness (QED) is 0.757. The number of urea groups is 1. The Kier molecular flexibility index (Phi) is 2.49. The number of carbonyl (C=O) groups excluding carboxylic acids is 1. The van der Waals surface area contributed by atoms with Gasteiger partial charge in [0.2, 0.25) is 0 Å². The summed E-state index contributed by atoms with van der Waals surface area (Å²) < 4.78 is 5.48. The SMILES string of the molecule is CN(C(N)=O)c1ccc2c(c1)CCCO2. The van der Waals surface area contributed by atoms with Crippen LogP contribution in [0.15, 0.2) is 18.2 Å². The van der Waals surface area contributed by atoms with Gasteiger partial charge in [-0.05, 0) is 36.6 Å². The number of hydrogen-bond donors (Lipinski definition) is 1. The number of ether oxygens (including phenoxy) is 1. The molecule has 0 saturated carbocycles. The number of anilines is 1. The highest BCUT2D eigenvalue weighted by Gasteiger charge is 2.13. The van der Waals surface area contributed by atoms with Gasteiger partial charge in [0, 0.05) is 12.7 Å². The van der Waals surface area contributed by atoms with E-state index in [0.29, 0.717) is 0 Å². The standard InChI is InChI=1S/C11H14N2O2/c1-13(11(12)14)9-4-5-10-8(7-9)3-2-6-15-10/h4-5,7H,2-3,6H2,1H3,(H2,12,14). The van der Waals surface area contributed by atoms with E-state index in [1.54, 1.807) is 7.05 Å². The Labute approximate surface area is 88.6 Å². The number of benzene rings is 1. The van der Waals surface area contributed by atoms with E-state index in [2.05, 4.69) is 0 Å². The van der Waals surface area contributed by atoms with Crippen molar-refractivity contribution in [3.05, 3.63) is 23.8 Å². The number of primary amides is 1. The van der Waals surface area contributed by atoms with Crippen LogP contribution in [0.4, 0.5) is 10.5 Å². The molecule has 2 N–H and O–H groups in total. The summed E-state index contributed by atoms with van der Waals surface area (Å²) >= 11 is 0. The molecule has 1 heterocycles. The van der Waals surface area contributed by atoms with Crippen molar-refractivity contribution in [2.24, 2.45) is 5.73 Å². The van der Waals surface area contributed by atoms with E-state index < -0.39 is 6.03 Å². The predicted octanol–water partition coefficient (Wildman–Crippen LogP) is 1.53. The molecule has 0 aliphatic carbocycles. The molecule has 0 bridgehead atoms. The molecule has 1 aromatic rings. The van der Waals surface area contributed by atoms with Crippen LogP contribution in [0.25, 0.3) is 0 Å². The first kappa shape index (κ1) is 9.83. The van der Waals surface area contributed by atoms with Crippen LogP contribution in [0.2, 0.25) is 0 Å². The van der Waals surface area contributed by atoms with Gasteiger partial charge in [-0.15, -0.1) is 0 Å². The summed E-state index contributed by atoms with van der Waals surface area (Å²) in [5.41, 5.74) is 7.16. The molecule has 1 aliphatic heterocycles. The molecule has 0 spiro atoms. The zero-order valence-electron chi connectivity index (χ0n) is 8.69. The highest BCUT2D eigenvalue weighted by Crippen LogP contribution is 2.28. The van der Waals surface area contributed by atoms with Gasteiger partial charge in [-0.3, -0.25) is 4.90 Å². The minimum absolute atomic E-state index is 0.452. The van der Waals surface area contributed by atoms with Crippen LogP contribution < -0.4 is 15.4 Å². The van der Waals surface area contributed by atoms with Gasteiger partial charge in [0.15, 0.2) is 0 Å². The molecule has 4 nitrogen and oxygen atoms in total.